The Kier molecular flexibility index (Phi) is 9.35. The SMILES string of the molecule is Cc1ccc2c(c1)[cH-]c1cc(C)ccc12.[Zr+2]=[C](c1ccccc1)c1ccccc1.c1ccc(-c2ccc3cc[cH-]c3c2)cc1. The van der Waals surface area contributed by atoms with Crippen molar-refractivity contribution in [2.75, 3.05) is 0 Å². The summed E-state index contributed by atoms with van der Waals surface area (Å²) in [5.74, 6) is 0. The zero-order chi connectivity index (χ0) is 30.3. The van der Waals surface area contributed by atoms with Gasteiger partial charge in [-0.1, -0.05) is 77.4 Å². The van der Waals surface area contributed by atoms with Crippen molar-refractivity contribution >= 4 is 35.5 Å². The van der Waals surface area contributed by atoms with Gasteiger partial charge in [0.25, 0.3) is 0 Å². The van der Waals surface area contributed by atoms with Crippen molar-refractivity contribution in [1.82, 2.24) is 0 Å². The summed E-state index contributed by atoms with van der Waals surface area (Å²) in [6.07, 6.45) is 0. The van der Waals surface area contributed by atoms with Crippen molar-refractivity contribution in [2.45, 2.75) is 13.8 Å². The summed E-state index contributed by atoms with van der Waals surface area (Å²) in [6.45, 7) is 4.28. The molecule has 0 unspecified atom stereocenters. The average molecular weight is 642 g/mol. The van der Waals surface area contributed by atoms with Crippen LogP contribution < -0.4 is 0 Å². The largest absolute Gasteiger partial charge is 0.168 e. The Balaban J connectivity index is 0.000000117. The first kappa shape index (κ1) is 29.6. The predicted molar refractivity (Wildman–Crippen MR) is 188 cm³/mol. The number of fused-ring (bicyclic) bond motifs is 4. The van der Waals surface area contributed by atoms with E-state index in [4.69, 9.17) is 0 Å². The van der Waals surface area contributed by atoms with Gasteiger partial charge in [-0.2, -0.15) is 12.1 Å². The Morgan fingerprint density at radius 1 is 0.477 bits per heavy atom. The fourth-order valence-corrected chi connectivity index (χ4v) is 6.39. The van der Waals surface area contributed by atoms with Gasteiger partial charge in [0.1, 0.15) is 0 Å². The molecule has 0 amide bonds. The summed E-state index contributed by atoms with van der Waals surface area (Å²) in [4.78, 5) is 0. The number of rotatable bonds is 3. The van der Waals surface area contributed by atoms with E-state index in [-0.39, 0.29) is 0 Å². The molecule has 1 heteroatoms. The van der Waals surface area contributed by atoms with Gasteiger partial charge in [-0.3, -0.25) is 0 Å². The van der Waals surface area contributed by atoms with Crippen molar-refractivity contribution in [3.8, 4) is 11.1 Å². The van der Waals surface area contributed by atoms with Crippen molar-refractivity contribution in [2.24, 2.45) is 0 Å². The first-order valence-electron chi connectivity index (χ1n) is 15.0. The smallest absolute Gasteiger partial charge is 0.0277 e. The molecule has 0 radical (unpaired) electrons. The number of hydrogen-bond acceptors (Lipinski definition) is 0. The molecule has 0 aromatic heterocycles. The monoisotopic (exact) mass is 640 g/mol. The van der Waals surface area contributed by atoms with Crippen molar-refractivity contribution in [1.29, 1.82) is 0 Å². The second kappa shape index (κ2) is 13.9. The van der Waals surface area contributed by atoms with Crippen LogP contribution in [0.5, 0.6) is 0 Å². The van der Waals surface area contributed by atoms with Gasteiger partial charge in [-0.05, 0) is 19.4 Å². The van der Waals surface area contributed by atoms with Crippen LogP contribution >= 0.6 is 0 Å². The molecule has 0 saturated carbocycles. The minimum absolute atomic E-state index is 1.28. The van der Waals surface area contributed by atoms with Crippen LogP contribution in [0, 0.1) is 13.8 Å². The van der Waals surface area contributed by atoms with Crippen molar-refractivity contribution in [3.63, 3.8) is 0 Å². The van der Waals surface area contributed by atoms with Crippen LogP contribution in [0.3, 0.4) is 0 Å². The number of benzene rings is 6. The van der Waals surface area contributed by atoms with E-state index in [1.54, 1.807) is 0 Å². The third kappa shape index (κ3) is 7.02. The van der Waals surface area contributed by atoms with Crippen LogP contribution in [0.15, 0.2) is 170 Å². The van der Waals surface area contributed by atoms with Gasteiger partial charge in [0, 0.05) is 0 Å². The Bertz CT molecular complexity index is 2030. The fraction of sp³-hybridized carbons (Fsp3) is 0.0465. The van der Waals surface area contributed by atoms with E-state index in [2.05, 4.69) is 178 Å². The molecule has 0 heterocycles. The van der Waals surface area contributed by atoms with Gasteiger partial charge in [0.15, 0.2) is 0 Å². The van der Waals surface area contributed by atoms with Crippen molar-refractivity contribution in [3.05, 3.63) is 192 Å². The van der Waals surface area contributed by atoms with Crippen LogP contribution in [-0.2, 0) is 24.2 Å². The van der Waals surface area contributed by atoms with E-state index in [0.717, 1.165) is 0 Å². The maximum atomic E-state index is 2.28. The van der Waals surface area contributed by atoms with Gasteiger partial charge in [-0.15, -0.1) is 68.7 Å². The standard InChI is InChI=1S/C15H13.C15H11.C13H10.Zr/c1-10-3-5-14-12(7-10)9-13-8-11(2)4-6-15(13)14;1-2-5-12(6-3-1)15-10-9-13-7-4-8-14(13)11-15;1-3-7-12(8-4-1)11-13-9-5-2-6-10-13;/h3-9H,1-2H3;1-11H;1-10H;/q2*-1;;+2. The summed E-state index contributed by atoms with van der Waals surface area (Å²) in [7, 11) is 0. The molecule has 0 aliphatic heterocycles. The molecule has 0 aliphatic rings. The molecular weight excluding hydrogens is 608 g/mol. The zero-order valence-electron chi connectivity index (χ0n) is 25.2. The molecule has 0 fully saturated rings. The van der Waals surface area contributed by atoms with E-state index in [1.807, 2.05) is 6.07 Å². The topological polar surface area (TPSA) is 0 Å². The third-order valence-electron chi connectivity index (χ3n) is 7.89. The first-order chi connectivity index (χ1) is 21.5. The number of hydrogen-bond donors (Lipinski definition) is 0. The molecule has 0 nitrogen and oxygen atoms in total. The molecule has 0 atom stereocenters. The quantitative estimate of drug-likeness (QED) is 0.168. The van der Waals surface area contributed by atoms with E-state index in [9.17, 15) is 0 Å². The van der Waals surface area contributed by atoms with E-state index < -0.39 is 0 Å². The molecule has 8 aromatic rings. The van der Waals surface area contributed by atoms with Crippen LogP contribution in [-0.4, -0.2) is 3.21 Å². The van der Waals surface area contributed by atoms with Crippen LogP contribution in [0.2, 0.25) is 0 Å². The summed E-state index contributed by atoms with van der Waals surface area (Å²) < 4.78 is 1.42. The minimum atomic E-state index is 1.28. The maximum absolute atomic E-state index is 2.28. The Morgan fingerprint density at radius 2 is 1.00 bits per heavy atom. The second-order valence-corrected chi connectivity index (χ2v) is 12.4. The summed E-state index contributed by atoms with van der Waals surface area (Å²) in [6, 6.07) is 60.2. The Labute approximate surface area is 275 Å². The molecule has 8 rings (SSSR count). The van der Waals surface area contributed by atoms with Crippen LogP contribution in [0.25, 0.3) is 43.4 Å². The van der Waals surface area contributed by atoms with Crippen LogP contribution in [0.4, 0.5) is 0 Å². The summed E-state index contributed by atoms with van der Waals surface area (Å²) in [5.41, 5.74) is 7.88. The second-order valence-electron chi connectivity index (χ2n) is 11.2. The van der Waals surface area contributed by atoms with E-state index in [0.29, 0.717) is 0 Å². The predicted octanol–water partition coefficient (Wildman–Crippen LogP) is 11.4. The van der Waals surface area contributed by atoms with Crippen molar-refractivity contribution < 1.29 is 24.2 Å². The molecule has 44 heavy (non-hydrogen) atoms. The molecule has 0 saturated heterocycles. The van der Waals surface area contributed by atoms with Gasteiger partial charge in [0.05, 0.1) is 0 Å². The zero-order valence-corrected chi connectivity index (χ0v) is 27.6. The summed E-state index contributed by atoms with van der Waals surface area (Å²) >= 11 is 1.46. The Hall–Kier alpha value is -4.45. The fourth-order valence-electron chi connectivity index (χ4n) is 5.57. The normalized spacial score (nSPS) is 10.6. The van der Waals surface area contributed by atoms with Gasteiger partial charge in [-0.25, -0.2) is 0 Å². The molecule has 0 aliphatic carbocycles. The molecule has 0 bridgehead atoms. The third-order valence-corrected chi connectivity index (χ3v) is 9.30. The van der Waals surface area contributed by atoms with E-state index >= 15 is 0 Å². The molecule has 210 valence electrons. The van der Waals surface area contributed by atoms with Gasteiger partial charge < -0.3 is 0 Å². The van der Waals surface area contributed by atoms with E-state index in [1.165, 1.54) is 93.1 Å². The molecular formula is C43H34Zr. The summed E-state index contributed by atoms with van der Waals surface area (Å²) in [5, 5.41) is 8.09. The molecule has 0 spiro atoms. The number of aryl methyl sites for hydroxylation is 2. The van der Waals surface area contributed by atoms with Gasteiger partial charge in [0.2, 0.25) is 0 Å². The Morgan fingerprint density at radius 3 is 1.55 bits per heavy atom. The van der Waals surface area contributed by atoms with Gasteiger partial charge >= 0.3 is 99.2 Å². The molecule has 0 N–H and O–H groups in total. The molecule has 8 aromatic carbocycles. The van der Waals surface area contributed by atoms with Crippen LogP contribution in [0.1, 0.15) is 22.3 Å². The first-order valence-corrected chi connectivity index (χ1v) is 16.2. The average Bonchev–Trinajstić information content (AvgIpc) is 3.69. The minimum Gasteiger partial charge on any atom is -0.168 e. The maximum Gasteiger partial charge on any atom is -0.0277 e.